The predicted molar refractivity (Wildman–Crippen MR) is 63.8 cm³/mol. The Bertz CT molecular complexity index is 437. The molecule has 1 aromatic heterocycles. The van der Waals surface area contributed by atoms with E-state index in [9.17, 15) is 9.59 Å². The van der Waals surface area contributed by atoms with Crippen molar-refractivity contribution in [2.75, 3.05) is 25.0 Å². The standard InChI is InChI=1S/C11H16N4O2/c16-10-6-9(7-13-14-10)12-8-11(17)15-4-2-1-3-5-15/h6-7H,1-5,8H2,(H2,12,14,16). The van der Waals surface area contributed by atoms with Gasteiger partial charge < -0.3 is 10.2 Å². The van der Waals surface area contributed by atoms with Gasteiger partial charge in [-0.25, -0.2) is 5.10 Å². The molecule has 2 N–H and O–H groups in total. The summed E-state index contributed by atoms with van der Waals surface area (Å²) in [7, 11) is 0. The molecule has 1 amide bonds. The lowest BCUT2D eigenvalue weighted by molar-refractivity contribution is -0.130. The fourth-order valence-electron chi connectivity index (χ4n) is 1.91. The molecule has 0 unspecified atom stereocenters. The van der Waals surface area contributed by atoms with Gasteiger partial charge >= 0.3 is 0 Å². The molecule has 1 saturated heterocycles. The molecule has 0 spiro atoms. The van der Waals surface area contributed by atoms with Crippen LogP contribution in [0.5, 0.6) is 0 Å². The highest BCUT2D eigenvalue weighted by atomic mass is 16.2. The molecule has 1 aliphatic heterocycles. The van der Waals surface area contributed by atoms with Gasteiger partial charge in [0.1, 0.15) is 0 Å². The Kier molecular flexibility index (Phi) is 3.74. The zero-order valence-electron chi connectivity index (χ0n) is 9.61. The van der Waals surface area contributed by atoms with Crippen molar-refractivity contribution in [2.24, 2.45) is 0 Å². The molecule has 6 nitrogen and oxygen atoms in total. The first-order chi connectivity index (χ1) is 8.25. The largest absolute Gasteiger partial charge is 0.375 e. The number of rotatable bonds is 3. The van der Waals surface area contributed by atoms with Crippen molar-refractivity contribution in [2.45, 2.75) is 19.3 Å². The van der Waals surface area contributed by atoms with Crippen molar-refractivity contribution in [3.8, 4) is 0 Å². The second kappa shape index (κ2) is 5.47. The van der Waals surface area contributed by atoms with E-state index in [2.05, 4.69) is 15.5 Å². The Morgan fingerprint density at radius 1 is 1.41 bits per heavy atom. The lowest BCUT2D eigenvalue weighted by Gasteiger charge is -2.26. The van der Waals surface area contributed by atoms with Gasteiger partial charge in [0.15, 0.2) is 0 Å². The number of carbonyl (C=O) groups is 1. The number of hydrogen-bond acceptors (Lipinski definition) is 4. The molecule has 92 valence electrons. The molecule has 2 heterocycles. The van der Waals surface area contributed by atoms with E-state index < -0.39 is 0 Å². The van der Waals surface area contributed by atoms with Crippen LogP contribution in [0.4, 0.5) is 5.69 Å². The summed E-state index contributed by atoms with van der Waals surface area (Å²) in [6, 6.07) is 1.39. The summed E-state index contributed by atoms with van der Waals surface area (Å²) in [5.41, 5.74) is 0.291. The first kappa shape index (κ1) is 11.6. The number of nitrogens with zero attached hydrogens (tertiary/aromatic N) is 2. The fourth-order valence-corrected chi connectivity index (χ4v) is 1.91. The molecule has 1 fully saturated rings. The zero-order chi connectivity index (χ0) is 12.1. The van der Waals surface area contributed by atoms with E-state index in [1.807, 2.05) is 4.90 Å². The minimum absolute atomic E-state index is 0.0741. The minimum Gasteiger partial charge on any atom is -0.375 e. The first-order valence-electron chi connectivity index (χ1n) is 5.82. The monoisotopic (exact) mass is 236 g/mol. The molecule has 0 atom stereocenters. The number of aromatic nitrogens is 2. The summed E-state index contributed by atoms with van der Waals surface area (Å²) < 4.78 is 0. The number of hydrogen-bond donors (Lipinski definition) is 2. The maximum absolute atomic E-state index is 11.8. The molecule has 0 aliphatic carbocycles. The summed E-state index contributed by atoms with van der Waals surface area (Å²) in [6.45, 7) is 1.90. The van der Waals surface area contributed by atoms with Crippen LogP contribution in [0.1, 0.15) is 19.3 Å². The summed E-state index contributed by atoms with van der Waals surface area (Å²) >= 11 is 0. The van der Waals surface area contributed by atoms with E-state index in [0.29, 0.717) is 5.69 Å². The zero-order valence-corrected chi connectivity index (χ0v) is 9.61. The number of anilines is 1. The van der Waals surface area contributed by atoms with Gasteiger partial charge in [-0.15, -0.1) is 0 Å². The topological polar surface area (TPSA) is 78.1 Å². The second-order valence-electron chi connectivity index (χ2n) is 4.13. The van der Waals surface area contributed by atoms with Crippen molar-refractivity contribution in [1.82, 2.24) is 15.1 Å². The van der Waals surface area contributed by atoms with Crippen LogP contribution in [0.25, 0.3) is 0 Å². The van der Waals surface area contributed by atoms with Crippen LogP contribution >= 0.6 is 0 Å². The van der Waals surface area contributed by atoms with Gasteiger partial charge in [-0.2, -0.15) is 5.10 Å². The number of piperidine rings is 1. The molecular weight excluding hydrogens is 220 g/mol. The van der Waals surface area contributed by atoms with Crippen molar-refractivity contribution < 1.29 is 4.79 Å². The molecular formula is C11H16N4O2. The van der Waals surface area contributed by atoms with Crippen molar-refractivity contribution >= 4 is 11.6 Å². The fraction of sp³-hybridized carbons (Fsp3) is 0.545. The van der Waals surface area contributed by atoms with E-state index in [0.717, 1.165) is 25.9 Å². The van der Waals surface area contributed by atoms with E-state index in [1.54, 1.807) is 0 Å². The number of aromatic amines is 1. The normalized spacial score (nSPS) is 15.6. The molecule has 1 aromatic rings. The smallest absolute Gasteiger partial charge is 0.266 e. The molecule has 0 saturated carbocycles. The van der Waals surface area contributed by atoms with Gasteiger partial charge in [0.2, 0.25) is 5.91 Å². The maximum atomic E-state index is 11.8. The molecule has 17 heavy (non-hydrogen) atoms. The number of likely N-dealkylation sites (tertiary alicyclic amines) is 1. The van der Waals surface area contributed by atoms with Crippen LogP contribution in [-0.2, 0) is 4.79 Å². The second-order valence-corrected chi connectivity index (χ2v) is 4.13. The Hall–Kier alpha value is -1.85. The average Bonchev–Trinajstić information content (AvgIpc) is 2.37. The van der Waals surface area contributed by atoms with E-state index in [4.69, 9.17) is 0 Å². The molecule has 1 aliphatic rings. The van der Waals surface area contributed by atoms with Crippen LogP contribution in [0.15, 0.2) is 17.1 Å². The molecule has 0 aromatic carbocycles. The SMILES string of the molecule is O=C(CNc1cn[nH]c(=O)c1)N1CCCCC1. The Morgan fingerprint density at radius 3 is 2.88 bits per heavy atom. The Balaban J connectivity index is 1.85. The minimum atomic E-state index is -0.277. The highest BCUT2D eigenvalue weighted by molar-refractivity contribution is 5.80. The van der Waals surface area contributed by atoms with Crippen LogP contribution in [-0.4, -0.2) is 40.6 Å². The van der Waals surface area contributed by atoms with Gasteiger partial charge in [-0.05, 0) is 19.3 Å². The van der Waals surface area contributed by atoms with E-state index in [-0.39, 0.29) is 18.0 Å². The molecule has 2 rings (SSSR count). The van der Waals surface area contributed by atoms with Gasteiger partial charge in [0.25, 0.3) is 5.56 Å². The van der Waals surface area contributed by atoms with Crippen LogP contribution in [0, 0.1) is 0 Å². The Labute approximate surface area is 99.0 Å². The van der Waals surface area contributed by atoms with Crippen molar-refractivity contribution in [1.29, 1.82) is 0 Å². The van der Waals surface area contributed by atoms with E-state index >= 15 is 0 Å². The average molecular weight is 236 g/mol. The third kappa shape index (κ3) is 3.30. The lowest BCUT2D eigenvalue weighted by atomic mass is 10.1. The summed E-state index contributed by atoms with van der Waals surface area (Å²) in [5.74, 6) is 0.0741. The number of carbonyl (C=O) groups excluding carboxylic acids is 1. The van der Waals surface area contributed by atoms with Crippen LogP contribution in [0.2, 0.25) is 0 Å². The van der Waals surface area contributed by atoms with Gasteiger partial charge in [0, 0.05) is 19.2 Å². The summed E-state index contributed by atoms with van der Waals surface area (Å²) in [5, 5.41) is 8.84. The summed E-state index contributed by atoms with van der Waals surface area (Å²) in [4.78, 5) is 24.7. The molecule has 0 radical (unpaired) electrons. The van der Waals surface area contributed by atoms with Gasteiger partial charge in [-0.3, -0.25) is 9.59 Å². The number of nitrogens with one attached hydrogen (secondary N) is 2. The third-order valence-electron chi connectivity index (χ3n) is 2.82. The quantitative estimate of drug-likeness (QED) is 0.785. The van der Waals surface area contributed by atoms with Gasteiger partial charge in [-0.1, -0.05) is 0 Å². The van der Waals surface area contributed by atoms with Crippen LogP contribution in [0.3, 0.4) is 0 Å². The van der Waals surface area contributed by atoms with Crippen molar-refractivity contribution in [3.63, 3.8) is 0 Å². The molecule has 6 heteroatoms. The first-order valence-corrected chi connectivity index (χ1v) is 5.82. The van der Waals surface area contributed by atoms with Crippen molar-refractivity contribution in [3.05, 3.63) is 22.6 Å². The lowest BCUT2D eigenvalue weighted by Crippen LogP contribution is -2.39. The number of H-pyrrole nitrogens is 1. The summed E-state index contributed by atoms with van der Waals surface area (Å²) in [6.07, 6.45) is 4.86. The van der Waals surface area contributed by atoms with Gasteiger partial charge in [0.05, 0.1) is 18.4 Å². The highest BCUT2D eigenvalue weighted by Crippen LogP contribution is 2.09. The molecule has 0 bridgehead atoms. The maximum Gasteiger partial charge on any atom is 0.266 e. The van der Waals surface area contributed by atoms with Crippen LogP contribution < -0.4 is 10.9 Å². The third-order valence-corrected chi connectivity index (χ3v) is 2.82. The highest BCUT2D eigenvalue weighted by Gasteiger charge is 2.15. The van der Waals surface area contributed by atoms with E-state index in [1.165, 1.54) is 18.7 Å². The number of amides is 1. The Morgan fingerprint density at radius 2 is 2.18 bits per heavy atom. The predicted octanol–water partition coefficient (Wildman–Crippen LogP) is 0.194.